The van der Waals surface area contributed by atoms with E-state index in [2.05, 4.69) is 37.9 Å². The molecule has 14 heavy (non-hydrogen) atoms. The Morgan fingerprint density at radius 1 is 0.786 bits per heavy atom. The average molecular weight is 196 g/mol. The first kappa shape index (κ1) is 13.3. The highest BCUT2D eigenvalue weighted by Crippen LogP contribution is 2.04. The van der Waals surface area contributed by atoms with E-state index >= 15 is 0 Å². The van der Waals surface area contributed by atoms with Crippen molar-refractivity contribution < 1.29 is 0 Å². The molecule has 0 rings (SSSR count). The topological polar surface area (TPSA) is 24.7 Å². The predicted molar refractivity (Wildman–Crippen MR) is 65.1 cm³/mol. The van der Waals surface area contributed by atoms with E-state index in [9.17, 15) is 0 Å². The standard InChI is InChI=1S/C12H24N2/c1-9(2)7-11(5)13-14-12(6)8-10(3)4/h9-10H,7-8H2,1-6H3. The van der Waals surface area contributed by atoms with Gasteiger partial charge in [0.15, 0.2) is 0 Å². The third-order valence-corrected chi connectivity index (χ3v) is 1.80. The van der Waals surface area contributed by atoms with Gasteiger partial charge in [0.25, 0.3) is 0 Å². The van der Waals surface area contributed by atoms with Crippen LogP contribution in [0.1, 0.15) is 54.4 Å². The van der Waals surface area contributed by atoms with Gasteiger partial charge in [0.2, 0.25) is 0 Å². The van der Waals surface area contributed by atoms with Gasteiger partial charge in [-0.3, -0.25) is 0 Å². The molecule has 0 aromatic rings. The van der Waals surface area contributed by atoms with Gasteiger partial charge >= 0.3 is 0 Å². The van der Waals surface area contributed by atoms with Gasteiger partial charge in [-0.25, -0.2) is 0 Å². The summed E-state index contributed by atoms with van der Waals surface area (Å²) in [7, 11) is 0. The Morgan fingerprint density at radius 2 is 1.07 bits per heavy atom. The van der Waals surface area contributed by atoms with E-state index in [-0.39, 0.29) is 0 Å². The van der Waals surface area contributed by atoms with Crippen LogP contribution in [0.25, 0.3) is 0 Å². The van der Waals surface area contributed by atoms with E-state index in [1.54, 1.807) is 0 Å². The minimum Gasteiger partial charge on any atom is -0.160 e. The molecule has 0 spiro atoms. The second-order valence-electron chi connectivity index (χ2n) is 4.87. The molecule has 0 atom stereocenters. The first-order valence-corrected chi connectivity index (χ1v) is 5.48. The van der Waals surface area contributed by atoms with Crippen molar-refractivity contribution in [2.45, 2.75) is 54.4 Å². The number of hydrogen-bond donors (Lipinski definition) is 0. The van der Waals surface area contributed by atoms with Crippen molar-refractivity contribution in [3.63, 3.8) is 0 Å². The second kappa shape index (κ2) is 6.74. The fraction of sp³-hybridized carbons (Fsp3) is 0.833. The van der Waals surface area contributed by atoms with Crippen LogP contribution in [0.2, 0.25) is 0 Å². The quantitative estimate of drug-likeness (QED) is 0.470. The molecular weight excluding hydrogens is 172 g/mol. The largest absolute Gasteiger partial charge is 0.160 e. The van der Waals surface area contributed by atoms with E-state index in [4.69, 9.17) is 0 Å². The Kier molecular flexibility index (Phi) is 6.43. The molecule has 0 radical (unpaired) electrons. The third-order valence-electron chi connectivity index (χ3n) is 1.80. The van der Waals surface area contributed by atoms with Crippen LogP contribution in [0.3, 0.4) is 0 Å². The normalized spacial score (nSPS) is 14.3. The molecule has 2 nitrogen and oxygen atoms in total. The molecule has 0 heterocycles. The highest BCUT2D eigenvalue weighted by atomic mass is 15.2. The molecule has 0 bridgehead atoms. The van der Waals surface area contributed by atoms with Crippen LogP contribution >= 0.6 is 0 Å². The summed E-state index contributed by atoms with van der Waals surface area (Å²) >= 11 is 0. The van der Waals surface area contributed by atoms with E-state index in [1.165, 1.54) is 0 Å². The molecule has 0 aromatic heterocycles. The monoisotopic (exact) mass is 196 g/mol. The van der Waals surface area contributed by atoms with E-state index in [0.29, 0.717) is 11.8 Å². The van der Waals surface area contributed by atoms with Crippen LogP contribution in [0.4, 0.5) is 0 Å². The minimum atomic E-state index is 0.666. The van der Waals surface area contributed by atoms with Crippen molar-refractivity contribution in [2.24, 2.45) is 22.0 Å². The Labute approximate surface area is 88.5 Å². The van der Waals surface area contributed by atoms with Gasteiger partial charge in [-0.2, -0.15) is 10.2 Å². The highest BCUT2D eigenvalue weighted by molar-refractivity contribution is 5.85. The van der Waals surface area contributed by atoms with Crippen LogP contribution in [0.5, 0.6) is 0 Å². The number of hydrogen-bond acceptors (Lipinski definition) is 2. The van der Waals surface area contributed by atoms with Crippen molar-refractivity contribution in [1.29, 1.82) is 0 Å². The second-order valence-corrected chi connectivity index (χ2v) is 4.87. The van der Waals surface area contributed by atoms with Crippen molar-refractivity contribution in [1.82, 2.24) is 0 Å². The van der Waals surface area contributed by atoms with Gasteiger partial charge in [0.05, 0.1) is 0 Å². The maximum atomic E-state index is 4.22. The Hall–Kier alpha value is -0.660. The lowest BCUT2D eigenvalue weighted by atomic mass is 10.1. The molecule has 0 N–H and O–H groups in total. The fourth-order valence-electron chi connectivity index (χ4n) is 1.43. The molecular formula is C12H24N2. The van der Waals surface area contributed by atoms with Gasteiger partial charge in [0.1, 0.15) is 0 Å². The first-order valence-electron chi connectivity index (χ1n) is 5.48. The van der Waals surface area contributed by atoms with E-state index < -0.39 is 0 Å². The zero-order chi connectivity index (χ0) is 11.1. The fourth-order valence-corrected chi connectivity index (χ4v) is 1.43. The van der Waals surface area contributed by atoms with Crippen LogP contribution in [0, 0.1) is 11.8 Å². The molecule has 0 amide bonds. The predicted octanol–water partition coefficient (Wildman–Crippen LogP) is 3.92. The smallest absolute Gasteiger partial charge is 0.0377 e. The lowest BCUT2D eigenvalue weighted by Gasteiger charge is -2.03. The molecule has 0 saturated carbocycles. The summed E-state index contributed by atoms with van der Waals surface area (Å²) in [6.45, 7) is 12.9. The number of nitrogens with zero attached hydrogens (tertiary/aromatic N) is 2. The SMILES string of the molecule is CC(CC(C)C)=NN=C(C)CC(C)C. The van der Waals surface area contributed by atoms with Crippen LogP contribution in [-0.2, 0) is 0 Å². The van der Waals surface area contributed by atoms with Crippen LogP contribution in [-0.4, -0.2) is 11.4 Å². The lowest BCUT2D eigenvalue weighted by Crippen LogP contribution is -2.00. The molecule has 0 aliphatic heterocycles. The Morgan fingerprint density at radius 3 is 1.29 bits per heavy atom. The zero-order valence-electron chi connectivity index (χ0n) is 10.5. The summed E-state index contributed by atoms with van der Waals surface area (Å²) in [6.07, 6.45) is 2.08. The summed E-state index contributed by atoms with van der Waals surface area (Å²) in [4.78, 5) is 0. The Bertz CT molecular complexity index is 188. The maximum absolute atomic E-state index is 4.22. The molecule has 0 saturated heterocycles. The summed E-state index contributed by atoms with van der Waals surface area (Å²) in [6, 6.07) is 0. The molecule has 0 aliphatic rings. The Balaban J connectivity index is 4.09. The molecule has 82 valence electrons. The molecule has 0 aromatic carbocycles. The maximum Gasteiger partial charge on any atom is 0.0377 e. The van der Waals surface area contributed by atoms with Crippen LogP contribution < -0.4 is 0 Å². The summed E-state index contributed by atoms with van der Waals surface area (Å²) in [5.41, 5.74) is 2.26. The van der Waals surface area contributed by atoms with Gasteiger partial charge in [-0.15, -0.1) is 0 Å². The first-order chi connectivity index (χ1) is 6.41. The van der Waals surface area contributed by atoms with Crippen molar-refractivity contribution in [2.75, 3.05) is 0 Å². The van der Waals surface area contributed by atoms with Gasteiger partial charge in [0, 0.05) is 11.4 Å². The van der Waals surface area contributed by atoms with Gasteiger partial charge in [-0.05, 0) is 38.5 Å². The lowest BCUT2D eigenvalue weighted by molar-refractivity contribution is 0.676. The van der Waals surface area contributed by atoms with E-state index in [1.807, 2.05) is 13.8 Å². The molecule has 0 aliphatic carbocycles. The zero-order valence-corrected chi connectivity index (χ0v) is 10.5. The summed E-state index contributed by atoms with van der Waals surface area (Å²) in [5.74, 6) is 1.33. The van der Waals surface area contributed by atoms with Crippen LogP contribution in [0.15, 0.2) is 10.2 Å². The molecule has 0 unspecified atom stereocenters. The van der Waals surface area contributed by atoms with Crippen molar-refractivity contribution >= 4 is 11.4 Å². The highest BCUT2D eigenvalue weighted by Gasteiger charge is 1.98. The van der Waals surface area contributed by atoms with E-state index in [0.717, 1.165) is 24.3 Å². The molecule has 0 fully saturated rings. The summed E-state index contributed by atoms with van der Waals surface area (Å²) in [5, 5.41) is 8.44. The molecule has 2 heteroatoms. The van der Waals surface area contributed by atoms with Crippen molar-refractivity contribution in [3.8, 4) is 0 Å². The minimum absolute atomic E-state index is 0.666. The summed E-state index contributed by atoms with van der Waals surface area (Å²) < 4.78 is 0. The average Bonchev–Trinajstić information content (AvgIpc) is 1.98. The van der Waals surface area contributed by atoms with Gasteiger partial charge < -0.3 is 0 Å². The third kappa shape index (κ3) is 7.96. The van der Waals surface area contributed by atoms with Gasteiger partial charge in [-0.1, -0.05) is 27.7 Å². The van der Waals surface area contributed by atoms with Crippen molar-refractivity contribution in [3.05, 3.63) is 0 Å². The number of rotatable bonds is 5.